The van der Waals surface area contributed by atoms with Gasteiger partial charge in [-0.15, -0.1) is 0 Å². The molecule has 1 aliphatic carbocycles. The number of benzene rings is 4. The number of non-ortho nitro benzene ring substituents is 1. The van der Waals surface area contributed by atoms with Crippen LogP contribution in [-0.2, 0) is 57.5 Å². The van der Waals surface area contributed by atoms with Gasteiger partial charge in [-0.05, 0) is 103 Å². The summed E-state index contributed by atoms with van der Waals surface area (Å²) < 4.78 is 6.05. The standard InChI is InChI=1S/C66H87N15O17/c1-9-79(43-22-18-41(19-23-43)77-78-42-20-24-44(25-21-42)81(96)97)28-29-80(66(95)98-36-49-47-16-12-10-14-45(47)46-15-11-13-17-48(46)49)34-55(85)75-58(38(4)5)65(94)76-59(39(6)7)64(93)74-52(31-57(87)88)63(92)73-51(30-37(2)3)62(91)72-50(26-27-68-56(86)35-82)61(90)71-40(8)60(89)70-33-54(84)69-32-53(67)83/h10-25,37-40,49-52,58-59,82H,9,26-36H2,1-8H3,(H2,67,83)(H,68,86)(H,69,84)(H,70,89)(H,71,90)(H,72,91)(H,73,92)(H,74,93)(H,75,85)(H,76,94)(H,87,88)/t40-,50-,51-,52-,58-,59-/m0/s1. The van der Waals surface area contributed by atoms with Gasteiger partial charge in [-0.2, -0.15) is 10.2 Å². The van der Waals surface area contributed by atoms with Gasteiger partial charge in [0.2, 0.25) is 59.1 Å². The van der Waals surface area contributed by atoms with E-state index in [2.05, 4.69) is 58.1 Å². The second-order valence-electron chi connectivity index (χ2n) is 24.2. The van der Waals surface area contributed by atoms with Crippen molar-refractivity contribution in [2.45, 2.75) is 117 Å². The molecule has 5 rings (SSSR count). The van der Waals surface area contributed by atoms with E-state index in [1.165, 1.54) is 36.1 Å². The molecule has 0 fully saturated rings. The van der Waals surface area contributed by atoms with Crippen molar-refractivity contribution < 1.29 is 77.4 Å². The zero-order chi connectivity index (χ0) is 72.3. The third-order valence-electron chi connectivity index (χ3n) is 15.5. The number of hydrogen-bond donors (Lipinski definition) is 12. The number of fused-ring (bicyclic) bond motifs is 3. The van der Waals surface area contributed by atoms with E-state index < -0.39 is 157 Å². The van der Waals surface area contributed by atoms with Crippen LogP contribution in [-0.4, -0.2) is 186 Å². The van der Waals surface area contributed by atoms with E-state index >= 15 is 0 Å². The molecule has 0 radical (unpaired) electrons. The van der Waals surface area contributed by atoms with Crippen LogP contribution in [0.4, 0.5) is 27.5 Å². The van der Waals surface area contributed by atoms with E-state index in [9.17, 15) is 77.9 Å². The first-order chi connectivity index (χ1) is 46.5. The summed E-state index contributed by atoms with van der Waals surface area (Å²) in [4.78, 5) is 173. The fourth-order valence-electron chi connectivity index (χ4n) is 10.3. The second kappa shape index (κ2) is 38.0. The van der Waals surface area contributed by atoms with Crippen molar-refractivity contribution in [3.05, 3.63) is 118 Å². The lowest BCUT2D eigenvalue weighted by Crippen LogP contribution is -2.61. The van der Waals surface area contributed by atoms with Crippen LogP contribution in [0.1, 0.15) is 91.7 Å². The van der Waals surface area contributed by atoms with Crippen molar-refractivity contribution in [3.63, 3.8) is 0 Å². The number of ether oxygens (including phenoxy) is 1. The maximum atomic E-state index is 14.4. The van der Waals surface area contributed by atoms with Gasteiger partial charge in [0.15, 0.2) is 0 Å². The van der Waals surface area contributed by atoms with Gasteiger partial charge in [0, 0.05) is 49.9 Å². The van der Waals surface area contributed by atoms with E-state index in [0.29, 0.717) is 17.9 Å². The minimum absolute atomic E-state index is 0.0544. The van der Waals surface area contributed by atoms with Crippen LogP contribution in [0, 0.1) is 27.9 Å². The number of aliphatic hydroxyl groups excluding tert-OH is 1. The molecule has 0 bridgehead atoms. The highest BCUT2D eigenvalue weighted by Gasteiger charge is 2.37. The van der Waals surface area contributed by atoms with E-state index in [1.54, 1.807) is 65.8 Å². The number of amides is 11. The highest BCUT2D eigenvalue weighted by molar-refractivity contribution is 5.99. The third kappa shape index (κ3) is 24.1. The number of aliphatic hydroxyl groups is 1. The van der Waals surface area contributed by atoms with Gasteiger partial charge in [0.1, 0.15) is 56.0 Å². The highest BCUT2D eigenvalue weighted by atomic mass is 16.6. The van der Waals surface area contributed by atoms with Gasteiger partial charge in [-0.1, -0.05) is 90.1 Å². The Bertz CT molecular complexity index is 3490. The maximum absolute atomic E-state index is 14.4. The molecule has 0 aliphatic heterocycles. The van der Waals surface area contributed by atoms with E-state index in [4.69, 9.17) is 10.5 Å². The van der Waals surface area contributed by atoms with Crippen molar-refractivity contribution in [1.29, 1.82) is 0 Å². The number of carboxylic acids is 1. The number of nitro groups is 1. The van der Waals surface area contributed by atoms with E-state index in [1.807, 2.05) is 60.4 Å². The molecular formula is C66H87N15O17. The molecule has 528 valence electrons. The Hall–Kier alpha value is -10.9. The van der Waals surface area contributed by atoms with Crippen molar-refractivity contribution in [2.75, 3.05) is 63.9 Å². The zero-order valence-electron chi connectivity index (χ0n) is 55.8. The summed E-state index contributed by atoms with van der Waals surface area (Å²) in [6, 6.07) is 19.1. The number of hydrogen-bond acceptors (Lipinski definition) is 19. The predicted molar refractivity (Wildman–Crippen MR) is 357 cm³/mol. The Morgan fingerprint density at radius 3 is 1.67 bits per heavy atom. The molecular weight excluding hydrogens is 1270 g/mol. The van der Waals surface area contributed by atoms with Crippen LogP contribution >= 0.6 is 0 Å². The fraction of sp³-hybridized carbons (Fsp3) is 0.455. The zero-order valence-corrected chi connectivity index (χ0v) is 55.8. The summed E-state index contributed by atoms with van der Waals surface area (Å²) in [5, 5.41) is 60.6. The number of primary amides is 1. The van der Waals surface area contributed by atoms with Crippen molar-refractivity contribution in [2.24, 2.45) is 33.7 Å². The normalized spacial score (nSPS) is 13.4. The van der Waals surface area contributed by atoms with Crippen LogP contribution < -0.4 is 58.5 Å². The lowest BCUT2D eigenvalue weighted by Gasteiger charge is -2.30. The number of carbonyl (C=O) groups is 12. The molecule has 0 spiro atoms. The van der Waals surface area contributed by atoms with Crippen LogP contribution in [0.3, 0.4) is 0 Å². The lowest BCUT2D eigenvalue weighted by molar-refractivity contribution is -0.384. The van der Waals surface area contributed by atoms with E-state index in [-0.39, 0.29) is 56.6 Å². The van der Waals surface area contributed by atoms with Crippen LogP contribution in [0.2, 0.25) is 0 Å². The molecule has 0 saturated carbocycles. The first kappa shape index (κ1) is 77.8. The molecule has 1 aliphatic rings. The van der Waals surface area contributed by atoms with Crippen LogP contribution in [0.5, 0.6) is 0 Å². The van der Waals surface area contributed by atoms with Gasteiger partial charge < -0.3 is 73.4 Å². The first-order valence-electron chi connectivity index (χ1n) is 31.8. The number of nitrogens with one attached hydrogen (secondary N) is 9. The first-order valence-corrected chi connectivity index (χ1v) is 31.8. The summed E-state index contributed by atoms with van der Waals surface area (Å²) in [5.74, 6) is -12.7. The molecule has 13 N–H and O–H groups in total. The second-order valence-corrected chi connectivity index (χ2v) is 24.2. The highest BCUT2D eigenvalue weighted by Crippen LogP contribution is 2.44. The number of nitro benzene ring substituents is 1. The number of carbonyl (C=O) groups excluding carboxylic acids is 11. The summed E-state index contributed by atoms with van der Waals surface area (Å²) in [6.45, 7) is 10.5. The molecule has 6 atom stereocenters. The number of carboxylic acid groups (broad SMARTS) is 1. The summed E-state index contributed by atoms with van der Waals surface area (Å²) in [6.07, 6.45) is -2.30. The van der Waals surface area contributed by atoms with Crippen molar-refractivity contribution in [1.82, 2.24) is 52.8 Å². The van der Waals surface area contributed by atoms with Crippen LogP contribution in [0.25, 0.3) is 11.1 Å². The summed E-state index contributed by atoms with van der Waals surface area (Å²) >= 11 is 0. The third-order valence-corrected chi connectivity index (χ3v) is 15.5. The predicted octanol–water partition coefficient (Wildman–Crippen LogP) is 2.07. The summed E-state index contributed by atoms with van der Waals surface area (Å²) in [7, 11) is 0. The Balaban J connectivity index is 1.30. The average Bonchev–Trinajstić information content (AvgIpc) is 1.62. The molecule has 4 aromatic rings. The molecule has 0 aromatic heterocycles. The largest absolute Gasteiger partial charge is 0.481 e. The lowest BCUT2D eigenvalue weighted by atomic mass is 9.98. The smallest absolute Gasteiger partial charge is 0.410 e. The molecule has 0 heterocycles. The Labute approximate surface area is 565 Å². The molecule has 98 heavy (non-hydrogen) atoms. The Morgan fingerprint density at radius 2 is 1.13 bits per heavy atom. The van der Waals surface area contributed by atoms with Gasteiger partial charge in [-0.3, -0.25) is 67.8 Å². The van der Waals surface area contributed by atoms with E-state index in [0.717, 1.165) is 27.9 Å². The maximum Gasteiger partial charge on any atom is 0.410 e. The molecule has 0 unspecified atom stereocenters. The molecule has 32 heteroatoms. The number of anilines is 1. The number of nitrogens with two attached hydrogens (primary N) is 1. The molecule has 4 aromatic carbocycles. The number of rotatable bonds is 38. The van der Waals surface area contributed by atoms with Gasteiger partial charge in [0.25, 0.3) is 5.69 Å². The minimum Gasteiger partial charge on any atom is -0.481 e. The molecule has 11 amide bonds. The minimum atomic E-state index is -1.88. The summed E-state index contributed by atoms with van der Waals surface area (Å²) in [5.41, 5.74) is 10.4. The van der Waals surface area contributed by atoms with Crippen LogP contribution in [0.15, 0.2) is 107 Å². The van der Waals surface area contributed by atoms with Crippen molar-refractivity contribution >= 4 is 93.9 Å². The molecule has 0 saturated heterocycles. The van der Waals surface area contributed by atoms with Gasteiger partial charge in [-0.25, -0.2) is 4.79 Å². The van der Waals surface area contributed by atoms with Gasteiger partial charge >= 0.3 is 12.1 Å². The SMILES string of the molecule is CCN(CCN(CC(=O)N[C@H](C(=O)N[C@H](C(=O)N[C@@H](CC(=O)O)C(=O)N[C@@H](CC(C)C)C(=O)N[C@@H](CCNC(=O)CO)C(=O)N[C@@H](C)C(=O)NCC(=O)NCC(N)=O)C(C)C)C(C)C)C(=O)OCC1c2ccccc2-c2ccccc21)c1ccc(N=Nc2ccc([N+](=O)[O-])cc2)cc1. The number of azo groups is 1. The number of nitrogens with zero attached hydrogens (tertiary/aromatic N) is 5. The molecule has 32 nitrogen and oxygen atoms in total. The average molecular weight is 1360 g/mol. The number of aliphatic carboxylic acids is 1. The Kier molecular flexibility index (Phi) is 30.1. The topological polar surface area (TPSA) is 463 Å². The Morgan fingerprint density at radius 1 is 0.602 bits per heavy atom. The fourth-order valence-corrected chi connectivity index (χ4v) is 10.3. The quantitative estimate of drug-likeness (QED) is 0.0174. The monoisotopic (exact) mass is 1360 g/mol. The van der Waals surface area contributed by atoms with Gasteiger partial charge in [0.05, 0.1) is 35.8 Å². The number of likely N-dealkylation sites (N-methyl/N-ethyl adjacent to an activating group) is 1. The van der Waals surface area contributed by atoms with Crippen molar-refractivity contribution in [3.8, 4) is 11.1 Å².